The van der Waals surface area contributed by atoms with Crippen molar-refractivity contribution in [3.63, 3.8) is 0 Å². The van der Waals surface area contributed by atoms with Gasteiger partial charge in [-0.1, -0.05) is 0 Å². The van der Waals surface area contributed by atoms with Gasteiger partial charge in [0, 0.05) is 0 Å². The predicted molar refractivity (Wildman–Crippen MR) is 107 cm³/mol. The van der Waals surface area contributed by atoms with Crippen molar-refractivity contribution in [2.24, 2.45) is 4.99 Å². The van der Waals surface area contributed by atoms with Gasteiger partial charge in [-0.2, -0.15) is 0 Å². The first-order valence-electron chi connectivity index (χ1n) is 8.88. The first-order valence-corrected chi connectivity index (χ1v) is 10.6. The molecule has 0 aliphatic carbocycles. The summed E-state index contributed by atoms with van der Waals surface area (Å²) in [5.74, 6) is -0.491. The number of carboxylic acids is 1. The first-order chi connectivity index (χ1) is 13.4. The van der Waals surface area contributed by atoms with Crippen molar-refractivity contribution in [3.8, 4) is 5.75 Å². The SMILES string of the molecule is CCOP(=O)(C/C=C/COc1ccc(CC(/N=C\B=O)C(=O)O)cc1)OCC. The predicted octanol–water partition coefficient (Wildman–Crippen LogP) is 2.96. The molecule has 1 rings (SSSR count). The molecule has 0 spiro atoms. The molecular formula is C18H25BNO7P. The summed E-state index contributed by atoms with van der Waals surface area (Å²) in [6, 6.07) is 5.91. The first kappa shape index (κ1) is 24.0. The number of allylic oxidation sites excluding steroid dienone is 1. The molecule has 0 radical (unpaired) electrons. The van der Waals surface area contributed by atoms with E-state index in [0.29, 0.717) is 26.1 Å². The smallest absolute Gasteiger partial charge is 0.0534 e. The average Bonchev–Trinajstić information content (AvgIpc) is 2.66. The van der Waals surface area contributed by atoms with Crippen molar-refractivity contribution in [1.29, 1.82) is 0 Å². The largest absolute Gasteiger partial charge is 0.309 e. The van der Waals surface area contributed by atoms with Crippen molar-refractivity contribution in [1.82, 2.24) is 0 Å². The summed E-state index contributed by atoms with van der Waals surface area (Å²) in [6.45, 7) is 4.43. The Morgan fingerprint density at radius 2 is 1.86 bits per heavy atom. The van der Waals surface area contributed by atoms with Crippen LogP contribution < -0.4 is 4.74 Å². The van der Waals surface area contributed by atoms with Gasteiger partial charge in [0.15, 0.2) is 0 Å². The van der Waals surface area contributed by atoms with E-state index in [0.717, 1.165) is 11.7 Å². The number of hydrogen-bond acceptors (Lipinski definition) is 7. The van der Waals surface area contributed by atoms with Crippen molar-refractivity contribution in [3.05, 3.63) is 42.0 Å². The molecule has 10 heteroatoms. The number of carboxylic acid groups (broad SMARTS) is 1. The zero-order chi connectivity index (χ0) is 20.8. The Balaban J connectivity index is 2.52. The standard InChI is InChI=1S/C18H25BNO7P/c1-3-26-28(24,27-4-2)12-6-5-11-25-16-9-7-15(8-10-16)13-17(18(21)22)20-14-19-23/h5-10,14,17H,3-4,11-13H2,1-2H3,(H,21,22)/b6-5+,20-14-. The molecule has 0 bridgehead atoms. The van der Waals surface area contributed by atoms with Crippen LogP contribution in [0.25, 0.3) is 0 Å². The molecule has 28 heavy (non-hydrogen) atoms. The molecule has 1 N–H and O–H groups in total. The molecule has 0 amide bonds. The monoisotopic (exact) mass is 409 g/mol. The number of aliphatic carboxylic acids is 1. The molecule has 0 saturated carbocycles. The number of rotatable bonds is 14. The third-order valence-electron chi connectivity index (χ3n) is 3.46. The Bertz CT molecular complexity index is 711. The average molecular weight is 409 g/mol. The van der Waals surface area contributed by atoms with Crippen molar-refractivity contribution in [2.45, 2.75) is 26.3 Å². The van der Waals surface area contributed by atoms with Gasteiger partial charge >= 0.3 is 118 Å². The Morgan fingerprint density at radius 1 is 1.21 bits per heavy atom. The van der Waals surface area contributed by atoms with Gasteiger partial charge in [0.25, 0.3) is 0 Å². The molecule has 1 atom stereocenters. The zero-order valence-electron chi connectivity index (χ0n) is 16.0. The van der Waals surface area contributed by atoms with Crippen molar-refractivity contribution >= 4 is 26.8 Å². The van der Waals surface area contributed by atoms with Gasteiger partial charge in [0.05, 0.1) is 19.4 Å². The molecule has 0 aliphatic rings. The van der Waals surface area contributed by atoms with E-state index >= 15 is 0 Å². The van der Waals surface area contributed by atoms with Gasteiger partial charge in [0.2, 0.25) is 0 Å². The van der Waals surface area contributed by atoms with Crippen LogP contribution in [0.2, 0.25) is 0 Å². The van der Waals surface area contributed by atoms with Gasteiger partial charge in [-0.15, -0.1) is 0 Å². The van der Waals surface area contributed by atoms with Crippen LogP contribution in [0.4, 0.5) is 0 Å². The Morgan fingerprint density at radius 3 is 2.39 bits per heavy atom. The number of nitrogens with zero attached hydrogens (tertiary/aromatic N) is 1. The molecule has 0 heterocycles. The van der Waals surface area contributed by atoms with Crippen LogP contribution in [0.1, 0.15) is 19.4 Å². The maximum Gasteiger partial charge on any atom is 0.0534 e. The van der Waals surface area contributed by atoms with E-state index in [4.69, 9.17) is 18.9 Å². The van der Waals surface area contributed by atoms with Gasteiger partial charge in [-0.25, -0.2) is 0 Å². The van der Waals surface area contributed by atoms with Crippen LogP contribution in [-0.4, -0.2) is 56.4 Å². The summed E-state index contributed by atoms with van der Waals surface area (Å²) in [5, 5.41) is 9.11. The summed E-state index contributed by atoms with van der Waals surface area (Å²) in [4.78, 5) is 14.8. The summed E-state index contributed by atoms with van der Waals surface area (Å²) in [7, 11) is -2.65. The summed E-state index contributed by atoms with van der Waals surface area (Å²) in [6.07, 6.45) is 4.72. The number of aliphatic imine (C=N–C) groups is 1. The van der Waals surface area contributed by atoms with Crippen molar-refractivity contribution in [2.75, 3.05) is 26.0 Å². The van der Waals surface area contributed by atoms with E-state index in [2.05, 4.69) is 4.99 Å². The normalized spacial score (nSPS) is 12.9. The molecule has 0 saturated heterocycles. The second-order valence-corrected chi connectivity index (χ2v) is 7.65. The van der Waals surface area contributed by atoms with Crippen LogP contribution in [0.15, 0.2) is 41.4 Å². The summed E-state index contributed by atoms with van der Waals surface area (Å²) < 4.78 is 38.5. The molecule has 152 valence electrons. The van der Waals surface area contributed by atoms with Crippen LogP contribution in [0.3, 0.4) is 0 Å². The minimum Gasteiger partial charge on any atom is -0.309 e. The van der Waals surface area contributed by atoms with E-state index in [-0.39, 0.29) is 19.2 Å². The number of carbonyl (C=O) groups is 1. The fraction of sp³-hybridized carbons (Fsp3) is 0.444. The molecule has 1 aromatic carbocycles. The third-order valence-corrected chi connectivity index (χ3v) is 5.42. The summed E-state index contributed by atoms with van der Waals surface area (Å²) in [5.41, 5.74) is 0.757. The second kappa shape index (κ2) is 13.2. The minimum atomic E-state index is -3.09. The maximum absolute atomic E-state index is 12.3. The molecule has 1 aromatic rings. The molecule has 8 nitrogen and oxygen atoms in total. The molecule has 0 aliphatic heterocycles. The van der Waals surface area contributed by atoms with E-state index in [9.17, 15) is 14.1 Å². The van der Waals surface area contributed by atoms with Gasteiger partial charge < -0.3 is 9.05 Å². The van der Waals surface area contributed by atoms with Gasteiger partial charge in [0.1, 0.15) is 0 Å². The molecule has 1 unspecified atom stereocenters. The molecule has 0 fully saturated rings. The Labute approximate surface area is 165 Å². The van der Waals surface area contributed by atoms with Crippen LogP contribution in [0, 0.1) is 0 Å². The zero-order valence-corrected chi connectivity index (χ0v) is 16.9. The quantitative estimate of drug-likeness (QED) is 0.218. The van der Waals surface area contributed by atoms with Gasteiger partial charge in [-0.05, 0) is 13.8 Å². The van der Waals surface area contributed by atoms with Crippen LogP contribution in [0.5, 0.6) is 5.75 Å². The van der Waals surface area contributed by atoms with E-state index in [1.807, 2.05) is 0 Å². The third kappa shape index (κ3) is 9.22. The Kier molecular flexibility index (Phi) is 11.3. The Hall–Kier alpha value is -2.09. The number of benzene rings is 1. The molecular weight excluding hydrogens is 384 g/mol. The maximum atomic E-state index is 12.3. The summed E-state index contributed by atoms with van der Waals surface area (Å²) >= 11 is 0. The van der Waals surface area contributed by atoms with Gasteiger partial charge in [-0.3, -0.25) is 4.57 Å². The fourth-order valence-electron chi connectivity index (χ4n) is 2.24. The van der Waals surface area contributed by atoms with E-state index < -0.39 is 19.6 Å². The van der Waals surface area contributed by atoms with E-state index in [1.54, 1.807) is 50.3 Å². The molecule has 0 aromatic heterocycles. The fourth-order valence-corrected chi connectivity index (χ4v) is 3.72. The second-order valence-electron chi connectivity index (χ2n) is 5.55. The minimum absolute atomic E-state index is 0.171. The number of ether oxygens (including phenoxy) is 1. The topological polar surface area (TPSA) is 111 Å². The van der Waals surface area contributed by atoms with Crippen LogP contribution >= 0.6 is 7.60 Å². The van der Waals surface area contributed by atoms with Crippen molar-refractivity contribution < 1.29 is 33.0 Å². The van der Waals surface area contributed by atoms with Crippen LogP contribution in [-0.2, 0) is 29.5 Å². The number of hydrogen-bond donors (Lipinski definition) is 1. The van der Waals surface area contributed by atoms with E-state index in [1.165, 1.54) is 0 Å².